The minimum absolute atomic E-state index is 0.0348. The van der Waals surface area contributed by atoms with Crippen LogP contribution in [0, 0.1) is 0 Å². The summed E-state index contributed by atoms with van der Waals surface area (Å²) in [6.45, 7) is 4.15. The normalized spacial score (nSPS) is 13.7. The number of quaternary nitrogens is 1. The van der Waals surface area contributed by atoms with Crippen molar-refractivity contribution in [3.8, 4) is 0 Å². The summed E-state index contributed by atoms with van der Waals surface area (Å²) in [5.74, 6) is -0.828. The number of phosphoric acid groups is 1. The Bertz CT molecular complexity index is 2070. The molecule has 0 aromatic carbocycles. The van der Waals surface area contributed by atoms with Gasteiger partial charge in [-0.15, -0.1) is 0 Å². The van der Waals surface area contributed by atoms with Gasteiger partial charge in [-0.25, -0.2) is 0 Å². The maximum atomic E-state index is 12.9. The molecule has 0 saturated heterocycles. The van der Waals surface area contributed by atoms with Gasteiger partial charge in [-0.1, -0.05) is 373 Å². The van der Waals surface area contributed by atoms with Gasteiger partial charge in [-0.2, -0.15) is 0 Å². The maximum Gasteiger partial charge on any atom is 0.306 e. The van der Waals surface area contributed by atoms with Crippen molar-refractivity contribution in [1.82, 2.24) is 0 Å². The molecule has 0 aliphatic carbocycles. The summed E-state index contributed by atoms with van der Waals surface area (Å²) in [6.07, 6.45) is 112. The Balaban J connectivity index is 3.96. The van der Waals surface area contributed by atoms with Crippen molar-refractivity contribution in [2.45, 2.75) is 380 Å². The molecule has 0 saturated carbocycles. The fourth-order valence-electron chi connectivity index (χ4n) is 11.7. The SMILES string of the molecule is CC/C=C\C/C=C\C/C=C\C/C=C\C/C=C\C/C=C\C/C=C\C/C=C\CCCCCCCCCCCCC(=O)OC(COC(=O)CCCCCCCCCCCCCCCCCCCCCCCCCCCCC/C=C\C/C=C\CCCCCCC)COP(=O)([O-])OCC[N+](C)(C)C. The smallest absolute Gasteiger partial charge is 0.306 e. The predicted molar refractivity (Wildman–Crippen MR) is 425 cm³/mol. The summed E-state index contributed by atoms with van der Waals surface area (Å²) in [5, 5.41) is 0. The quantitative estimate of drug-likeness (QED) is 0.0195. The van der Waals surface area contributed by atoms with E-state index in [0.29, 0.717) is 17.4 Å². The molecule has 0 aliphatic rings. The second-order valence-corrected chi connectivity index (χ2v) is 30.2. The third-order valence-corrected chi connectivity index (χ3v) is 18.9. The average Bonchev–Trinajstić information content (AvgIpc) is 1.08. The number of hydrogen-bond acceptors (Lipinski definition) is 8. The zero-order chi connectivity index (χ0) is 71.1. The standard InChI is InChI=1S/C88H156NO8P/c1-6-8-10-12-14-16-18-20-22-24-26-28-30-32-34-36-38-40-42-43-44-45-47-48-50-52-54-56-58-60-62-64-66-68-70-72-74-76-78-80-87(90)94-84-86(85-96-98(92,93)95-83-82-89(3,4)5)97-88(91)81-79-77-75-73-71-69-67-65-63-61-59-57-55-53-51-49-46-41-39-37-35-33-31-29-27-25-23-21-19-17-15-13-11-9-7-2/h9,11,15,17-18,20-21,23-24,26-27,29,33,35,39,41,49,51,55,57,86H,6-8,10,12-14,16,19,22,25,28,30-32,34,36-38,40,42-48,50,52-54,56,58-85H2,1-5H3/b11-9-,17-15-,20-18-,23-21-,26-24-,29-27-,35-33-,41-39-,51-49-,57-55-. The van der Waals surface area contributed by atoms with Crippen LogP contribution in [0.5, 0.6) is 0 Å². The summed E-state index contributed by atoms with van der Waals surface area (Å²) in [4.78, 5) is 38.2. The van der Waals surface area contributed by atoms with Crippen LogP contribution in [0.1, 0.15) is 373 Å². The molecule has 0 radical (unpaired) electrons. The van der Waals surface area contributed by atoms with Gasteiger partial charge in [0, 0.05) is 12.8 Å². The van der Waals surface area contributed by atoms with Gasteiger partial charge in [0.15, 0.2) is 6.10 Å². The van der Waals surface area contributed by atoms with Crippen LogP contribution >= 0.6 is 7.82 Å². The summed E-state index contributed by atoms with van der Waals surface area (Å²) in [7, 11) is 1.17. The second kappa shape index (κ2) is 77.6. The number of ether oxygens (including phenoxy) is 2. The van der Waals surface area contributed by atoms with Crippen molar-refractivity contribution < 1.29 is 42.1 Å². The zero-order valence-corrected chi connectivity index (χ0v) is 65.6. The first kappa shape index (κ1) is 94.4. The Morgan fingerprint density at radius 3 is 0.867 bits per heavy atom. The molecule has 98 heavy (non-hydrogen) atoms. The summed E-state index contributed by atoms with van der Waals surface area (Å²) in [6, 6.07) is 0. The number of hydrogen-bond donors (Lipinski definition) is 0. The molecule has 2 atom stereocenters. The highest BCUT2D eigenvalue weighted by Crippen LogP contribution is 2.38. The van der Waals surface area contributed by atoms with E-state index in [1.54, 1.807) is 0 Å². The topological polar surface area (TPSA) is 111 Å². The molecule has 0 aromatic rings. The lowest BCUT2D eigenvalue weighted by molar-refractivity contribution is -0.870. The Morgan fingerprint density at radius 2 is 0.582 bits per heavy atom. The molecule has 0 spiro atoms. The highest BCUT2D eigenvalue weighted by molar-refractivity contribution is 7.45. The molecule has 0 bridgehead atoms. The van der Waals surface area contributed by atoms with E-state index < -0.39 is 26.5 Å². The number of esters is 2. The average molecular weight is 1390 g/mol. The molecular formula is C88H156NO8P. The van der Waals surface area contributed by atoms with Crippen molar-refractivity contribution in [2.24, 2.45) is 0 Å². The van der Waals surface area contributed by atoms with Gasteiger partial charge in [0.05, 0.1) is 27.7 Å². The molecular weight excluding hydrogens is 1230 g/mol. The number of allylic oxidation sites excluding steroid dienone is 20. The summed E-state index contributed by atoms with van der Waals surface area (Å²) in [5.41, 5.74) is 0. The van der Waals surface area contributed by atoms with Gasteiger partial charge in [0.1, 0.15) is 19.8 Å². The van der Waals surface area contributed by atoms with E-state index in [-0.39, 0.29) is 32.0 Å². The van der Waals surface area contributed by atoms with Gasteiger partial charge in [0.25, 0.3) is 7.82 Å². The number of unbranched alkanes of at least 4 members (excludes halogenated alkanes) is 42. The van der Waals surface area contributed by atoms with Gasteiger partial charge >= 0.3 is 11.9 Å². The van der Waals surface area contributed by atoms with E-state index in [1.165, 1.54) is 238 Å². The number of carbonyl (C=O) groups excluding carboxylic acids is 2. The third kappa shape index (κ3) is 81.4. The molecule has 2 unspecified atom stereocenters. The number of likely N-dealkylation sites (N-methyl/N-ethyl adjacent to an activating group) is 1. The van der Waals surface area contributed by atoms with Crippen LogP contribution in [0.3, 0.4) is 0 Å². The number of rotatable bonds is 76. The molecule has 0 aromatic heterocycles. The maximum absolute atomic E-state index is 12.9. The minimum atomic E-state index is -4.65. The molecule has 10 heteroatoms. The van der Waals surface area contributed by atoms with Crippen LogP contribution in [-0.4, -0.2) is 70.0 Å². The molecule has 566 valence electrons. The molecule has 9 nitrogen and oxygen atoms in total. The van der Waals surface area contributed by atoms with Crippen LogP contribution in [-0.2, 0) is 32.7 Å². The Hall–Kier alpha value is -3.59. The zero-order valence-electron chi connectivity index (χ0n) is 64.7. The summed E-state index contributed by atoms with van der Waals surface area (Å²) >= 11 is 0. The van der Waals surface area contributed by atoms with E-state index in [4.69, 9.17) is 18.5 Å². The van der Waals surface area contributed by atoms with Crippen molar-refractivity contribution in [2.75, 3.05) is 47.5 Å². The van der Waals surface area contributed by atoms with Crippen LogP contribution in [0.15, 0.2) is 122 Å². The number of nitrogens with zero attached hydrogens (tertiary/aromatic N) is 1. The van der Waals surface area contributed by atoms with Crippen molar-refractivity contribution >= 4 is 19.8 Å². The first-order valence-corrected chi connectivity index (χ1v) is 42.7. The van der Waals surface area contributed by atoms with E-state index >= 15 is 0 Å². The first-order valence-electron chi connectivity index (χ1n) is 41.2. The van der Waals surface area contributed by atoms with Gasteiger partial charge in [-0.3, -0.25) is 14.2 Å². The van der Waals surface area contributed by atoms with Crippen molar-refractivity contribution in [3.05, 3.63) is 122 Å². The van der Waals surface area contributed by atoms with Gasteiger partial charge in [0.2, 0.25) is 0 Å². The van der Waals surface area contributed by atoms with E-state index in [1.807, 2.05) is 21.1 Å². The first-order chi connectivity index (χ1) is 48.0. The lowest BCUT2D eigenvalue weighted by Crippen LogP contribution is -2.37. The lowest BCUT2D eigenvalue weighted by Gasteiger charge is -2.28. The number of phosphoric ester groups is 1. The monoisotopic (exact) mass is 1390 g/mol. The van der Waals surface area contributed by atoms with E-state index in [2.05, 4.69) is 135 Å². The molecule has 0 amide bonds. The fraction of sp³-hybridized carbons (Fsp3) is 0.750. The van der Waals surface area contributed by atoms with Crippen molar-refractivity contribution in [3.63, 3.8) is 0 Å². The van der Waals surface area contributed by atoms with Crippen LogP contribution in [0.4, 0.5) is 0 Å². The summed E-state index contributed by atoms with van der Waals surface area (Å²) < 4.78 is 34.4. The molecule has 0 rings (SSSR count). The van der Waals surface area contributed by atoms with Crippen LogP contribution in [0.2, 0.25) is 0 Å². The lowest BCUT2D eigenvalue weighted by atomic mass is 10.0. The number of carbonyl (C=O) groups is 2. The molecule has 0 aliphatic heterocycles. The highest BCUT2D eigenvalue weighted by Gasteiger charge is 2.22. The van der Waals surface area contributed by atoms with E-state index in [0.717, 1.165) is 103 Å². The van der Waals surface area contributed by atoms with Gasteiger partial charge in [-0.05, 0) is 109 Å². The minimum Gasteiger partial charge on any atom is -0.756 e. The Kier molecular flexibility index (Phi) is 74.7. The molecule has 0 N–H and O–H groups in total. The largest absolute Gasteiger partial charge is 0.756 e. The second-order valence-electron chi connectivity index (χ2n) is 28.8. The predicted octanol–water partition coefficient (Wildman–Crippen LogP) is 27.1. The third-order valence-electron chi connectivity index (χ3n) is 18.0. The Morgan fingerprint density at radius 1 is 0.327 bits per heavy atom. The van der Waals surface area contributed by atoms with Crippen LogP contribution in [0.25, 0.3) is 0 Å². The van der Waals surface area contributed by atoms with Crippen LogP contribution < -0.4 is 4.89 Å². The van der Waals surface area contributed by atoms with E-state index in [9.17, 15) is 19.0 Å². The molecule has 0 heterocycles. The van der Waals surface area contributed by atoms with Gasteiger partial charge < -0.3 is 27.9 Å². The van der Waals surface area contributed by atoms with Crippen molar-refractivity contribution in [1.29, 1.82) is 0 Å². The highest BCUT2D eigenvalue weighted by atomic mass is 31.2. The Labute approximate surface area is 607 Å². The fourth-order valence-corrected chi connectivity index (χ4v) is 12.4. The molecule has 0 fully saturated rings.